The molecule has 1 saturated heterocycles. The van der Waals surface area contributed by atoms with Gasteiger partial charge in [-0.3, -0.25) is 0 Å². The summed E-state index contributed by atoms with van der Waals surface area (Å²) in [5, 5.41) is 18.1. The van der Waals surface area contributed by atoms with Crippen molar-refractivity contribution in [3.05, 3.63) is 3.92 Å². The van der Waals surface area contributed by atoms with Crippen LogP contribution in [0, 0.1) is 0 Å². The van der Waals surface area contributed by atoms with E-state index in [-0.39, 0.29) is 0 Å². The van der Waals surface area contributed by atoms with E-state index in [4.69, 9.17) is 0 Å². The van der Waals surface area contributed by atoms with Crippen molar-refractivity contribution < 1.29 is 5.11 Å². The Morgan fingerprint density at radius 1 is 1.58 bits per heavy atom. The fourth-order valence-electron chi connectivity index (χ4n) is 1.24. The molecule has 0 aliphatic carbocycles. The topological polar surface area (TPSA) is 49.2 Å². The normalized spacial score (nSPS) is 20.8. The van der Waals surface area contributed by atoms with Gasteiger partial charge < -0.3 is 10.0 Å². The molecule has 4 nitrogen and oxygen atoms in total. The molecule has 0 aromatic carbocycles. The highest BCUT2D eigenvalue weighted by atomic mass is 79.9. The summed E-state index contributed by atoms with van der Waals surface area (Å²) < 4.78 is 0.782. The number of rotatable bonds is 1. The maximum atomic E-state index is 9.45. The third kappa shape index (κ3) is 1.46. The van der Waals surface area contributed by atoms with Crippen LogP contribution in [0.25, 0.3) is 0 Å². The molecule has 0 unspecified atom stereocenters. The zero-order valence-electron chi connectivity index (χ0n) is 6.49. The minimum atomic E-state index is -0.544. The number of hydrogen-bond donors (Lipinski definition) is 1. The zero-order valence-corrected chi connectivity index (χ0v) is 8.89. The van der Waals surface area contributed by atoms with Crippen molar-refractivity contribution in [3.63, 3.8) is 0 Å². The smallest absolute Gasteiger partial charge is 0.209 e. The van der Waals surface area contributed by atoms with E-state index < -0.39 is 5.60 Å². The third-order valence-electron chi connectivity index (χ3n) is 1.72. The number of halogens is 1. The Kier molecular flexibility index (Phi) is 1.85. The average Bonchev–Trinajstić information content (AvgIpc) is 2.30. The predicted octanol–water partition coefficient (Wildman–Crippen LogP) is 0.872. The minimum Gasteiger partial charge on any atom is -0.386 e. The van der Waals surface area contributed by atoms with Crippen molar-refractivity contribution in [2.75, 3.05) is 18.0 Å². The van der Waals surface area contributed by atoms with Crippen LogP contribution in [0.15, 0.2) is 3.92 Å². The Bertz CT molecular complexity index is 293. The van der Waals surface area contributed by atoms with Crippen LogP contribution in [0.3, 0.4) is 0 Å². The average molecular weight is 250 g/mol. The molecule has 1 N–H and O–H groups in total. The summed E-state index contributed by atoms with van der Waals surface area (Å²) in [5.41, 5.74) is -0.544. The van der Waals surface area contributed by atoms with Crippen molar-refractivity contribution in [1.29, 1.82) is 0 Å². The Morgan fingerprint density at radius 3 is 2.67 bits per heavy atom. The number of anilines is 1. The first-order valence-electron chi connectivity index (χ1n) is 3.53. The summed E-state index contributed by atoms with van der Waals surface area (Å²) in [6, 6.07) is 0. The molecule has 0 atom stereocenters. The Morgan fingerprint density at radius 2 is 2.25 bits per heavy atom. The summed E-state index contributed by atoms with van der Waals surface area (Å²) in [5.74, 6) is 0. The molecule has 0 radical (unpaired) electrons. The summed E-state index contributed by atoms with van der Waals surface area (Å²) in [6.45, 7) is 3.11. The van der Waals surface area contributed by atoms with E-state index in [1.54, 1.807) is 0 Å². The SMILES string of the molecule is CC1(O)CN(c2nnc(Br)s2)C1. The minimum absolute atomic E-state index is 0.544. The van der Waals surface area contributed by atoms with Crippen molar-refractivity contribution in [2.24, 2.45) is 0 Å². The van der Waals surface area contributed by atoms with Gasteiger partial charge in [-0.15, -0.1) is 10.2 Å². The molecule has 0 spiro atoms. The van der Waals surface area contributed by atoms with Crippen LogP contribution in [-0.4, -0.2) is 34.0 Å². The van der Waals surface area contributed by atoms with E-state index in [1.165, 1.54) is 11.3 Å². The first kappa shape index (κ1) is 8.40. The Balaban J connectivity index is 2.06. The molecule has 0 bridgehead atoms. The molecule has 0 amide bonds. The Hall–Kier alpha value is -0.200. The second kappa shape index (κ2) is 2.65. The fourth-order valence-corrected chi connectivity index (χ4v) is 2.32. The van der Waals surface area contributed by atoms with Crippen LogP contribution >= 0.6 is 27.3 Å². The second-order valence-electron chi connectivity index (χ2n) is 3.19. The van der Waals surface area contributed by atoms with Gasteiger partial charge >= 0.3 is 0 Å². The third-order valence-corrected chi connectivity index (χ3v) is 3.14. The van der Waals surface area contributed by atoms with Gasteiger partial charge in [-0.2, -0.15) is 0 Å². The van der Waals surface area contributed by atoms with E-state index in [2.05, 4.69) is 26.1 Å². The molecule has 0 saturated carbocycles. The van der Waals surface area contributed by atoms with Gasteiger partial charge in [0.05, 0.1) is 18.7 Å². The lowest BCUT2D eigenvalue weighted by Gasteiger charge is -2.43. The molecular weight excluding hydrogens is 242 g/mol. The number of aliphatic hydroxyl groups is 1. The van der Waals surface area contributed by atoms with E-state index in [1.807, 2.05) is 11.8 Å². The molecule has 1 aliphatic rings. The van der Waals surface area contributed by atoms with Crippen LogP contribution in [0.5, 0.6) is 0 Å². The van der Waals surface area contributed by atoms with Crippen molar-refractivity contribution in [3.8, 4) is 0 Å². The van der Waals surface area contributed by atoms with E-state index in [9.17, 15) is 5.11 Å². The number of hydrogen-bond acceptors (Lipinski definition) is 5. The number of β-amino-alcohol motifs (C(OH)–C–C–N with tert-alkyl or cyclic N) is 1. The maximum absolute atomic E-state index is 9.45. The Labute approximate surface area is 82.4 Å². The van der Waals surface area contributed by atoms with Crippen molar-refractivity contribution in [2.45, 2.75) is 12.5 Å². The molecule has 66 valence electrons. The standard InChI is InChI=1S/C6H8BrN3OS/c1-6(11)2-10(3-6)5-9-8-4(7)12-5/h11H,2-3H2,1H3. The molecular formula is C6H8BrN3OS. The van der Waals surface area contributed by atoms with Crippen LogP contribution in [0.2, 0.25) is 0 Å². The molecule has 2 heterocycles. The lowest BCUT2D eigenvalue weighted by Crippen LogP contribution is -2.60. The van der Waals surface area contributed by atoms with Crippen LogP contribution in [0.4, 0.5) is 5.13 Å². The molecule has 6 heteroatoms. The highest BCUT2D eigenvalue weighted by Gasteiger charge is 2.38. The van der Waals surface area contributed by atoms with Crippen molar-refractivity contribution >= 4 is 32.4 Å². The quantitative estimate of drug-likeness (QED) is 0.803. The molecule has 1 aromatic rings. The predicted molar refractivity (Wildman–Crippen MR) is 50.4 cm³/mol. The largest absolute Gasteiger partial charge is 0.386 e. The summed E-state index contributed by atoms with van der Waals surface area (Å²) in [7, 11) is 0. The summed E-state index contributed by atoms with van der Waals surface area (Å²) >= 11 is 4.72. The van der Waals surface area contributed by atoms with Gasteiger partial charge in [-0.05, 0) is 22.9 Å². The maximum Gasteiger partial charge on any atom is 0.209 e. The van der Waals surface area contributed by atoms with Gasteiger partial charge in [0, 0.05) is 0 Å². The summed E-state index contributed by atoms with van der Waals surface area (Å²) in [6.07, 6.45) is 0. The van der Waals surface area contributed by atoms with Crippen LogP contribution in [0.1, 0.15) is 6.92 Å². The fraction of sp³-hybridized carbons (Fsp3) is 0.667. The first-order valence-corrected chi connectivity index (χ1v) is 5.14. The zero-order chi connectivity index (χ0) is 8.77. The van der Waals surface area contributed by atoms with Crippen LogP contribution in [-0.2, 0) is 0 Å². The number of nitrogens with zero attached hydrogens (tertiary/aromatic N) is 3. The lowest BCUT2D eigenvalue weighted by molar-refractivity contribution is 0.0309. The highest BCUT2D eigenvalue weighted by molar-refractivity contribution is 9.11. The second-order valence-corrected chi connectivity index (χ2v) is 5.42. The van der Waals surface area contributed by atoms with Gasteiger partial charge in [-0.1, -0.05) is 11.3 Å². The van der Waals surface area contributed by atoms with Gasteiger partial charge in [0.2, 0.25) is 5.13 Å². The molecule has 1 fully saturated rings. The van der Waals surface area contributed by atoms with Gasteiger partial charge in [0.25, 0.3) is 0 Å². The van der Waals surface area contributed by atoms with E-state index in [0.29, 0.717) is 13.1 Å². The molecule has 2 rings (SSSR count). The van der Waals surface area contributed by atoms with Crippen LogP contribution < -0.4 is 4.90 Å². The van der Waals surface area contributed by atoms with Gasteiger partial charge in [0.1, 0.15) is 0 Å². The van der Waals surface area contributed by atoms with Gasteiger partial charge in [-0.25, -0.2) is 0 Å². The summed E-state index contributed by atoms with van der Waals surface area (Å²) in [4.78, 5) is 2.00. The van der Waals surface area contributed by atoms with Crippen molar-refractivity contribution in [1.82, 2.24) is 10.2 Å². The molecule has 12 heavy (non-hydrogen) atoms. The number of aromatic nitrogens is 2. The van der Waals surface area contributed by atoms with Gasteiger partial charge in [0.15, 0.2) is 3.92 Å². The van der Waals surface area contributed by atoms with E-state index in [0.717, 1.165) is 9.05 Å². The lowest BCUT2D eigenvalue weighted by atomic mass is 9.98. The molecule has 1 aromatic heterocycles. The van der Waals surface area contributed by atoms with E-state index >= 15 is 0 Å². The highest BCUT2D eigenvalue weighted by Crippen LogP contribution is 2.31. The first-order chi connectivity index (χ1) is 5.57. The molecule has 1 aliphatic heterocycles. The monoisotopic (exact) mass is 249 g/mol.